The fourth-order valence-electron chi connectivity index (χ4n) is 3.80. The van der Waals surface area contributed by atoms with Gasteiger partial charge in [-0.05, 0) is 42.3 Å². The van der Waals surface area contributed by atoms with Crippen LogP contribution in [0.1, 0.15) is 16.8 Å². The molecule has 1 amide bonds. The fourth-order valence-corrected chi connectivity index (χ4v) is 5.68. The second-order valence-electron chi connectivity index (χ2n) is 8.04. The van der Waals surface area contributed by atoms with Crippen molar-refractivity contribution in [2.24, 2.45) is 0 Å². The molecule has 0 aliphatic carbocycles. The minimum atomic E-state index is -4.56. The normalized spacial score (nSPS) is 12.8. The number of ether oxygens (including phenoxy) is 2. The van der Waals surface area contributed by atoms with Crippen molar-refractivity contribution in [1.29, 1.82) is 0 Å². The Labute approximate surface area is 219 Å². The lowest BCUT2D eigenvalue weighted by Gasteiger charge is -2.15. The van der Waals surface area contributed by atoms with E-state index in [2.05, 4.69) is 10.3 Å². The van der Waals surface area contributed by atoms with E-state index in [0.29, 0.717) is 47.2 Å². The molecule has 0 unspecified atom stereocenters. The van der Waals surface area contributed by atoms with E-state index in [0.717, 1.165) is 34.0 Å². The molecule has 1 aliphatic rings. The minimum Gasteiger partial charge on any atom is -0.493 e. The van der Waals surface area contributed by atoms with Crippen molar-refractivity contribution in [3.63, 3.8) is 0 Å². The highest BCUT2D eigenvalue weighted by Crippen LogP contribution is 2.33. The summed E-state index contributed by atoms with van der Waals surface area (Å²) in [6.45, 7) is 0.365. The van der Waals surface area contributed by atoms with Crippen molar-refractivity contribution < 1.29 is 27.4 Å². The van der Waals surface area contributed by atoms with E-state index in [4.69, 9.17) is 9.47 Å². The predicted molar refractivity (Wildman–Crippen MR) is 136 cm³/mol. The molecule has 4 rings (SSSR count). The van der Waals surface area contributed by atoms with Crippen molar-refractivity contribution in [2.75, 3.05) is 32.3 Å². The fraction of sp³-hybridized carbons (Fsp3) is 0.320. The van der Waals surface area contributed by atoms with Gasteiger partial charge < -0.3 is 14.8 Å². The van der Waals surface area contributed by atoms with Gasteiger partial charge >= 0.3 is 6.18 Å². The van der Waals surface area contributed by atoms with Crippen molar-refractivity contribution in [3.8, 4) is 17.2 Å². The Morgan fingerprint density at radius 2 is 1.95 bits per heavy atom. The molecule has 12 heteroatoms. The molecule has 0 spiro atoms. The van der Waals surface area contributed by atoms with Gasteiger partial charge in [0.25, 0.3) is 5.56 Å². The third-order valence-electron chi connectivity index (χ3n) is 5.61. The highest BCUT2D eigenvalue weighted by molar-refractivity contribution is 8.00. The lowest BCUT2D eigenvalue weighted by atomic mass is 10.1. The lowest BCUT2D eigenvalue weighted by molar-refractivity contribution is -0.137. The van der Waals surface area contributed by atoms with Gasteiger partial charge in [-0.1, -0.05) is 23.9 Å². The standard InChI is InChI=1S/C25H24F3N3O4S2/c1-34-19-7-6-15(12-20(19)35-2)8-10-29-21(32)14-37-24-30-18-9-11-36-22(18)23(33)31(24)17-5-3-4-16(13-17)25(26,27)28/h3-7,12-13H,8-11,14H2,1-2H3,(H,29,32). The maximum Gasteiger partial charge on any atom is 0.416 e. The SMILES string of the molecule is COc1ccc(CCNC(=O)CSc2nc3c(c(=O)n2-c2cccc(C(F)(F)F)c2)SCC3)cc1OC. The zero-order chi connectivity index (χ0) is 26.6. The second kappa shape index (κ2) is 11.5. The van der Waals surface area contributed by atoms with Crippen LogP contribution >= 0.6 is 23.5 Å². The average Bonchev–Trinajstić information content (AvgIpc) is 3.36. The molecule has 1 aliphatic heterocycles. The van der Waals surface area contributed by atoms with E-state index < -0.39 is 17.3 Å². The summed E-state index contributed by atoms with van der Waals surface area (Å²) in [5.74, 6) is 1.54. The maximum absolute atomic E-state index is 13.3. The monoisotopic (exact) mass is 551 g/mol. The lowest BCUT2D eigenvalue weighted by Crippen LogP contribution is -2.28. The molecule has 2 heterocycles. The van der Waals surface area contributed by atoms with Crippen LogP contribution in [-0.4, -0.2) is 47.7 Å². The smallest absolute Gasteiger partial charge is 0.416 e. The zero-order valence-electron chi connectivity index (χ0n) is 20.1. The molecular formula is C25H24F3N3O4S2. The van der Waals surface area contributed by atoms with E-state index in [-0.39, 0.29) is 22.5 Å². The molecule has 0 saturated carbocycles. The molecule has 37 heavy (non-hydrogen) atoms. The summed E-state index contributed by atoms with van der Waals surface area (Å²) < 4.78 is 51.6. The molecule has 1 aromatic heterocycles. The van der Waals surface area contributed by atoms with Gasteiger partial charge in [-0.3, -0.25) is 14.2 Å². The average molecular weight is 552 g/mol. The number of fused-ring (bicyclic) bond motifs is 1. The highest BCUT2D eigenvalue weighted by atomic mass is 32.2. The second-order valence-corrected chi connectivity index (χ2v) is 10.1. The van der Waals surface area contributed by atoms with E-state index in [1.807, 2.05) is 12.1 Å². The van der Waals surface area contributed by atoms with E-state index in [9.17, 15) is 22.8 Å². The molecule has 0 saturated heterocycles. The van der Waals surface area contributed by atoms with Gasteiger partial charge in [-0.2, -0.15) is 13.2 Å². The predicted octanol–water partition coefficient (Wildman–Crippen LogP) is 4.37. The molecule has 0 atom stereocenters. The Morgan fingerprint density at radius 3 is 2.68 bits per heavy atom. The van der Waals surface area contributed by atoms with Gasteiger partial charge in [0.05, 0.1) is 41.8 Å². The van der Waals surface area contributed by atoms with E-state index in [1.54, 1.807) is 20.3 Å². The van der Waals surface area contributed by atoms with Crippen molar-refractivity contribution in [1.82, 2.24) is 14.9 Å². The molecule has 3 aromatic rings. The summed E-state index contributed by atoms with van der Waals surface area (Å²) in [7, 11) is 3.10. The van der Waals surface area contributed by atoms with Crippen molar-refractivity contribution in [2.45, 2.75) is 29.1 Å². The van der Waals surface area contributed by atoms with Crippen LogP contribution in [-0.2, 0) is 23.8 Å². The minimum absolute atomic E-state index is 0.0523. The number of carbonyl (C=O) groups excluding carboxylic acids is 1. The van der Waals surface area contributed by atoms with Crippen LogP contribution in [0.15, 0.2) is 57.3 Å². The Kier molecular flexibility index (Phi) is 8.38. The van der Waals surface area contributed by atoms with Crippen LogP contribution in [0.4, 0.5) is 13.2 Å². The first-order valence-corrected chi connectivity index (χ1v) is 13.2. The van der Waals surface area contributed by atoms with Crippen LogP contribution in [0.5, 0.6) is 11.5 Å². The van der Waals surface area contributed by atoms with Gasteiger partial charge in [0.15, 0.2) is 16.7 Å². The first-order valence-electron chi connectivity index (χ1n) is 11.3. The summed E-state index contributed by atoms with van der Waals surface area (Å²) in [6.07, 6.45) is -3.41. The number of carbonyl (C=O) groups is 1. The number of halogens is 3. The Hall–Kier alpha value is -3.12. The zero-order valence-corrected chi connectivity index (χ0v) is 21.7. The van der Waals surface area contributed by atoms with Gasteiger partial charge in [0.2, 0.25) is 5.91 Å². The summed E-state index contributed by atoms with van der Waals surface area (Å²) in [5.41, 5.74) is 0.312. The van der Waals surface area contributed by atoms with Crippen LogP contribution in [0, 0.1) is 0 Å². The number of hydrogen-bond acceptors (Lipinski definition) is 7. The third-order valence-corrected chi connectivity index (χ3v) is 7.66. The van der Waals surface area contributed by atoms with Crippen LogP contribution in [0.3, 0.4) is 0 Å². The number of nitrogens with one attached hydrogen (secondary N) is 1. The molecule has 7 nitrogen and oxygen atoms in total. The number of methoxy groups -OCH3 is 2. The number of benzene rings is 2. The van der Waals surface area contributed by atoms with Gasteiger partial charge in [0, 0.05) is 18.7 Å². The Morgan fingerprint density at radius 1 is 1.16 bits per heavy atom. The first kappa shape index (κ1) is 26.9. The molecule has 2 aromatic carbocycles. The number of alkyl halides is 3. The largest absolute Gasteiger partial charge is 0.493 e. The molecule has 0 fully saturated rings. The van der Waals surface area contributed by atoms with Crippen molar-refractivity contribution >= 4 is 29.4 Å². The molecule has 0 radical (unpaired) electrons. The molecule has 196 valence electrons. The quantitative estimate of drug-likeness (QED) is 0.313. The van der Waals surface area contributed by atoms with E-state index >= 15 is 0 Å². The van der Waals surface area contributed by atoms with Gasteiger partial charge in [0.1, 0.15) is 0 Å². The van der Waals surface area contributed by atoms with Crippen LogP contribution < -0.4 is 20.3 Å². The number of amides is 1. The number of hydrogen-bond donors (Lipinski definition) is 1. The number of nitrogens with zero attached hydrogens (tertiary/aromatic N) is 2. The molecule has 1 N–H and O–H groups in total. The number of aryl methyl sites for hydroxylation is 1. The molecule has 0 bridgehead atoms. The highest BCUT2D eigenvalue weighted by Gasteiger charge is 2.31. The summed E-state index contributed by atoms with van der Waals surface area (Å²) in [6, 6.07) is 10.0. The summed E-state index contributed by atoms with van der Waals surface area (Å²) in [5, 5.41) is 3.00. The third kappa shape index (κ3) is 6.24. The summed E-state index contributed by atoms with van der Waals surface area (Å²) >= 11 is 2.35. The Balaban J connectivity index is 1.48. The Bertz CT molecular complexity index is 1360. The number of thioether (sulfide) groups is 2. The number of rotatable bonds is 9. The maximum atomic E-state index is 13.3. The molecular weight excluding hydrogens is 527 g/mol. The summed E-state index contributed by atoms with van der Waals surface area (Å²) in [4.78, 5) is 30.7. The topological polar surface area (TPSA) is 82.5 Å². The first-order chi connectivity index (χ1) is 17.7. The van der Waals surface area contributed by atoms with E-state index in [1.165, 1.54) is 23.9 Å². The van der Waals surface area contributed by atoms with Crippen LogP contribution in [0.2, 0.25) is 0 Å². The van der Waals surface area contributed by atoms with Crippen LogP contribution in [0.25, 0.3) is 5.69 Å². The number of aromatic nitrogens is 2. The van der Waals surface area contributed by atoms with Gasteiger partial charge in [-0.25, -0.2) is 4.98 Å². The van der Waals surface area contributed by atoms with Gasteiger partial charge in [-0.15, -0.1) is 11.8 Å². The van der Waals surface area contributed by atoms with Crippen molar-refractivity contribution in [3.05, 3.63) is 69.6 Å².